The Bertz CT molecular complexity index is 542. The van der Waals surface area contributed by atoms with Crippen LogP contribution in [0, 0.1) is 0 Å². The molecule has 0 unspecified atom stereocenters. The molecule has 0 spiro atoms. The van der Waals surface area contributed by atoms with Gasteiger partial charge in [-0.2, -0.15) is 9.61 Å². The topological polar surface area (TPSA) is 43.1 Å². The van der Waals surface area contributed by atoms with E-state index in [1.165, 1.54) is 19.3 Å². The maximum atomic E-state index is 5.94. The summed E-state index contributed by atoms with van der Waals surface area (Å²) in [4.78, 5) is 0. The molecule has 1 saturated carbocycles. The first-order valence-electron chi connectivity index (χ1n) is 6.07. The van der Waals surface area contributed by atoms with E-state index < -0.39 is 0 Å². The molecule has 0 bridgehead atoms. The van der Waals surface area contributed by atoms with E-state index in [2.05, 4.69) is 22.2 Å². The highest BCUT2D eigenvalue weighted by atomic mass is 35.5. The van der Waals surface area contributed by atoms with Gasteiger partial charge in [0.05, 0.1) is 0 Å². The predicted molar refractivity (Wildman–Crippen MR) is 66.2 cm³/mol. The Morgan fingerprint density at radius 2 is 1.94 bits per heavy atom. The van der Waals surface area contributed by atoms with E-state index in [-0.39, 0.29) is 5.41 Å². The highest BCUT2D eigenvalue weighted by molar-refractivity contribution is 6.29. The van der Waals surface area contributed by atoms with Crippen LogP contribution in [0.2, 0.25) is 5.15 Å². The summed E-state index contributed by atoms with van der Waals surface area (Å²) in [5.74, 6) is 0.953. The average molecular weight is 251 g/mol. The third-order valence-electron chi connectivity index (χ3n) is 3.73. The zero-order valence-electron chi connectivity index (χ0n) is 9.86. The van der Waals surface area contributed by atoms with Gasteiger partial charge in [0.1, 0.15) is 5.15 Å². The SMILES string of the molecule is CC1(c2nnc3ccc(Cl)nn23)CCCCC1. The summed E-state index contributed by atoms with van der Waals surface area (Å²) in [6, 6.07) is 3.61. The lowest BCUT2D eigenvalue weighted by Crippen LogP contribution is -2.28. The average Bonchev–Trinajstić information content (AvgIpc) is 2.73. The van der Waals surface area contributed by atoms with Crippen molar-refractivity contribution in [1.82, 2.24) is 19.8 Å². The molecule has 0 saturated heterocycles. The molecule has 0 aromatic carbocycles. The molecule has 2 heterocycles. The van der Waals surface area contributed by atoms with Crippen LogP contribution >= 0.6 is 11.6 Å². The minimum atomic E-state index is 0.0926. The summed E-state index contributed by atoms with van der Waals surface area (Å²) in [5, 5.41) is 13.3. The van der Waals surface area contributed by atoms with Crippen LogP contribution in [0.3, 0.4) is 0 Å². The molecule has 2 aromatic rings. The third-order valence-corrected chi connectivity index (χ3v) is 3.93. The molecule has 1 aliphatic rings. The van der Waals surface area contributed by atoms with E-state index in [1.54, 1.807) is 10.6 Å². The zero-order chi connectivity index (χ0) is 11.9. The van der Waals surface area contributed by atoms with Crippen LogP contribution in [0.25, 0.3) is 5.65 Å². The van der Waals surface area contributed by atoms with Gasteiger partial charge in [-0.1, -0.05) is 37.8 Å². The number of hydrogen-bond acceptors (Lipinski definition) is 3. The second kappa shape index (κ2) is 3.95. The van der Waals surface area contributed by atoms with Crippen LogP contribution in [0.1, 0.15) is 44.9 Å². The predicted octanol–water partition coefficient (Wildman–Crippen LogP) is 3.00. The Hall–Kier alpha value is -1.16. The molecule has 0 radical (unpaired) electrons. The fourth-order valence-electron chi connectivity index (χ4n) is 2.70. The van der Waals surface area contributed by atoms with Crippen molar-refractivity contribution in [3.8, 4) is 0 Å². The molecular formula is C12H15ClN4. The van der Waals surface area contributed by atoms with E-state index >= 15 is 0 Å². The third kappa shape index (κ3) is 1.80. The summed E-state index contributed by atoms with van der Waals surface area (Å²) < 4.78 is 1.80. The fourth-order valence-corrected chi connectivity index (χ4v) is 2.84. The van der Waals surface area contributed by atoms with Gasteiger partial charge in [0.25, 0.3) is 0 Å². The highest BCUT2D eigenvalue weighted by Gasteiger charge is 2.33. The number of halogens is 1. The van der Waals surface area contributed by atoms with Gasteiger partial charge in [-0.05, 0) is 25.0 Å². The van der Waals surface area contributed by atoms with Crippen LogP contribution in [-0.2, 0) is 5.41 Å². The minimum Gasteiger partial charge on any atom is -0.195 e. The summed E-state index contributed by atoms with van der Waals surface area (Å²) in [6.45, 7) is 2.26. The summed E-state index contributed by atoms with van der Waals surface area (Å²) in [5.41, 5.74) is 0.867. The molecule has 4 nitrogen and oxygen atoms in total. The Balaban J connectivity index is 2.13. The van der Waals surface area contributed by atoms with Crippen molar-refractivity contribution >= 4 is 17.2 Å². The molecule has 3 rings (SSSR count). The molecule has 1 fully saturated rings. The smallest absolute Gasteiger partial charge is 0.178 e. The van der Waals surface area contributed by atoms with Crippen molar-refractivity contribution in [2.45, 2.75) is 44.4 Å². The zero-order valence-corrected chi connectivity index (χ0v) is 10.6. The number of fused-ring (bicyclic) bond motifs is 1. The minimum absolute atomic E-state index is 0.0926. The van der Waals surface area contributed by atoms with E-state index in [4.69, 9.17) is 11.6 Å². The number of nitrogens with zero attached hydrogens (tertiary/aromatic N) is 4. The lowest BCUT2D eigenvalue weighted by Gasteiger charge is -2.31. The first kappa shape index (κ1) is 11.0. The van der Waals surface area contributed by atoms with Gasteiger partial charge in [0.15, 0.2) is 11.5 Å². The maximum absolute atomic E-state index is 5.94. The van der Waals surface area contributed by atoms with Gasteiger partial charge >= 0.3 is 0 Å². The first-order chi connectivity index (χ1) is 8.19. The molecule has 90 valence electrons. The molecule has 0 N–H and O–H groups in total. The molecule has 0 aliphatic heterocycles. The molecule has 2 aromatic heterocycles. The Morgan fingerprint density at radius 3 is 2.71 bits per heavy atom. The van der Waals surface area contributed by atoms with E-state index in [9.17, 15) is 0 Å². The molecule has 17 heavy (non-hydrogen) atoms. The highest BCUT2D eigenvalue weighted by Crippen LogP contribution is 2.37. The Morgan fingerprint density at radius 1 is 1.18 bits per heavy atom. The molecule has 0 amide bonds. The molecule has 5 heteroatoms. The van der Waals surface area contributed by atoms with Crippen molar-refractivity contribution in [1.29, 1.82) is 0 Å². The maximum Gasteiger partial charge on any atom is 0.178 e. The summed E-state index contributed by atoms with van der Waals surface area (Å²) in [6.07, 6.45) is 6.14. The lowest BCUT2D eigenvalue weighted by atomic mass is 9.75. The van der Waals surface area contributed by atoms with Gasteiger partial charge in [-0.25, -0.2) is 0 Å². The molecule has 0 atom stereocenters. The number of aromatic nitrogens is 4. The lowest BCUT2D eigenvalue weighted by molar-refractivity contribution is 0.299. The monoisotopic (exact) mass is 250 g/mol. The second-order valence-electron chi connectivity index (χ2n) is 5.07. The molecule has 1 aliphatic carbocycles. The van der Waals surface area contributed by atoms with Crippen LogP contribution in [0.5, 0.6) is 0 Å². The molecular weight excluding hydrogens is 236 g/mol. The van der Waals surface area contributed by atoms with Crippen molar-refractivity contribution in [2.24, 2.45) is 0 Å². The quantitative estimate of drug-likeness (QED) is 0.782. The fraction of sp³-hybridized carbons (Fsp3) is 0.583. The van der Waals surface area contributed by atoms with Gasteiger partial charge in [0.2, 0.25) is 0 Å². The Kier molecular flexibility index (Phi) is 2.54. The van der Waals surface area contributed by atoms with Gasteiger partial charge in [-0.15, -0.1) is 10.2 Å². The first-order valence-corrected chi connectivity index (χ1v) is 6.45. The number of rotatable bonds is 1. The van der Waals surface area contributed by atoms with Crippen molar-refractivity contribution in [3.63, 3.8) is 0 Å². The summed E-state index contributed by atoms with van der Waals surface area (Å²) in [7, 11) is 0. The van der Waals surface area contributed by atoms with E-state index in [1.807, 2.05) is 6.07 Å². The van der Waals surface area contributed by atoms with Crippen molar-refractivity contribution < 1.29 is 0 Å². The van der Waals surface area contributed by atoms with E-state index in [0.29, 0.717) is 5.15 Å². The van der Waals surface area contributed by atoms with Gasteiger partial charge in [0, 0.05) is 5.41 Å². The summed E-state index contributed by atoms with van der Waals surface area (Å²) >= 11 is 5.94. The standard InChI is InChI=1S/C12H15ClN4/c1-12(7-3-2-4-8-12)11-15-14-10-6-5-9(13)16-17(10)11/h5-6H,2-4,7-8H2,1H3. The number of hydrogen-bond donors (Lipinski definition) is 0. The van der Waals surface area contributed by atoms with Crippen molar-refractivity contribution in [2.75, 3.05) is 0 Å². The van der Waals surface area contributed by atoms with Crippen LogP contribution in [0.15, 0.2) is 12.1 Å². The van der Waals surface area contributed by atoms with Gasteiger partial charge in [-0.3, -0.25) is 0 Å². The van der Waals surface area contributed by atoms with Crippen LogP contribution < -0.4 is 0 Å². The van der Waals surface area contributed by atoms with E-state index in [0.717, 1.165) is 24.3 Å². The Labute approximate surface area is 105 Å². The normalized spacial score (nSPS) is 19.6. The van der Waals surface area contributed by atoms with Crippen LogP contribution in [-0.4, -0.2) is 19.8 Å². The van der Waals surface area contributed by atoms with Gasteiger partial charge < -0.3 is 0 Å². The largest absolute Gasteiger partial charge is 0.195 e. The second-order valence-corrected chi connectivity index (χ2v) is 5.46. The van der Waals surface area contributed by atoms with Crippen molar-refractivity contribution in [3.05, 3.63) is 23.1 Å². The van der Waals surface area contributed by atoms with Crippen LogP contribution in [0.4, 0.5) is 0 Å².